The molecule has 5 heteroatoms. The molecular formula is C7H5N3OS. The summed E-state index contributed by atoms with van der Waals surface area (Å²) in [6.45, 7) is 0. The van der Waals surface area contributed by atoms with Gasteiger partial charge in [0, 0.05) is 17.8 Å². The summed E-state index contributed by atoms with van der Waals surface area (Å²) in [5.74, 6) is 0.702. The minimum atomic E-state index is 0.450. The van der Waals surface area contributed by atoms with Crippen LogP contribution >= 0.6 is 11.3 Å². The number of imidazole rings is 1. The number of hydrogen-bond acceptors (Lipinski definition) is 4. The summed E-state index contributed by atoms with van der Waals surface area (Å²) in [6.07, 6.45) is 4.09. The van der Waals surface area contributed by atoms with E-state index < -0.39 is 0 Å². The fourth-order valence-corrected chi connectivity index (χ4v) is 1.55. The molecule has 0 saturated heterocycles. The fourth-order valence-electron chi connectivity index (χ4n) is 0.831. The molecule has 0 fully saturated rings. The summed E-state index contributed by atoms with van der Waals surface area (Å²) in [5, 5.41) is 2.44. The number of carbonyl (C=O) groups is 1. The molecule has 1 N–H and O–H groups in total. The summed E-state index contributed by atoms with van der Waals surface area (Å²) < 4.78 is 0. The Morgan fingerprint density at radius 2 is 2.50 bits per heavy atom. The number of thiazole rings is 1. The number of aromatic nitrogens is 3. The maximum Gasteiger partial charge on any atom is 0.169 e. The molecular weight excluding hydrogens is 174 g/mol. The van der Waals surface area contributed by atoms with E-state index in [9.17, 15) is 4.79 Å². The van der Waals surface area contributed by atoms with Gasteiger partial charge in [0.2, 0.25) is 0 Å². The summed E-state index contributed by atoms with van der Waals surface area (Å²) >= 11 is 1.40. The summed E-state index contributed by atoms with van der Waals surface area (Å²) in [7, 11) is 0. The van der Waals surface area contributed by atoms with Gasteiger partial charge in [-0.3, -0.25) is 4.79 Å². The normalized spacial score (nSPS) is 10.0. The molecule has 0 aliphatic carbocycles. The first kappa shape index (κ1) is 7.17. The number of carbonyl (C=O) groups excluding carboxylic acids is 1. The van der Waals surface area contributed by atoms with Crippen LogP contribution < -0.4 is 0 Å². The van der Waals surface area contributed by atoms with Crippen molar-refractivity contribution < 1.29 is 4.79 Å². The van der Waals surface area contributed by atoms with E-state index in [0.29, 0.717) is 11.5 Å². The van der Waals surface area contributed by atoms with E-state index in [1.807, 2.05) is 0 Å². The van der Waals surface area contributed by atoms with Crippen molar-refractivity contribution in [1.82, 2.24) is 15.0 Å². The third-order valence-electron chi connectivity index (χ3n) is 1.34. The zero-order chi connectivity index (χ0) is 8.39. The molecule has 0 unspecified atom stereocenters. The molecule has 2 aromatic rings. The Balaban J connectivity index is 2.41. The van der Waals surface area contributed by atoms with Crippen LogP contribution in [0.1, 0.15) is 10.5 Å². The van der Waals surface area contributed by atoms with Crippen LogP contribution in [0.15, 0.2) is 17.8 Å². The Morgan fingerprint density at radius 1 is 1.58 bits per heavy atom. The van der Waals surface area contributed by atoms with Gasteiger partial charge in [-0.25, -0.2) is 9.97 Å². The Hall–Kier alpha value is -1.49. The minimum Gasteiger partial charge on any atom is -0.343 e. The van der Waals surface area contributed by atoms with Crippen LogP contribution in [0.4, 0.5) is 0 Å². The SMILES string of the molecule is O=Cc1csc(-c2ncc[nH]2)n1. The van der Waals surface area contributed by atoms with E-state index in [0.717, 1.165) is 11.3 Å². The van der Waals surface area contributed by atoms with E-state index in [-0.39, 0.29) is 0 Å². The number of nitrogens with zero attached hydrogens (tertiary/aromatic N) is 2. The van der Waals surface area contributed by atoms with E-state index in [1.54, 1.807) is 17.8 Å². The Labute approximate surface area is 72.3 Å². The molecule has 4 nitrogen and oxygen atoms in total. The van der Waals surface area contributed by atoms with Crippen molar-refractivity contribution in [3.63, 3.8) is 0 Å². The average molecular weight is 179 g/mol. The number of H-pyrrole nitrogens is 1. The molecule has 12 heavy (non-hydrogen) atoms. The van der Waals surface area contributed by atoms with Crippen LogP contribution in [0.3, 0.4) is 0 Å². The molecule has 0 atom stereocenters. The molecule has 0 aliphatic heterocycles. The molecule has 2 aromatic heterocycles. The van der Waals surface area contributed by atoms with Gasteiger partial charge in [0.25, 0.3) is 0 Å². The van der Waals surface area contributed by atoms with Gasteiger partial charge in [-0.1, -0.05) is 0 Å². The van der Waals surface area contributed by atoms with Crippen molar-refractivity contribution in [2.75, 3.05) is 0 Å². The van der Waals surface area contributed by atoms with Gasteiger partial charge in [-0.05, 0) is 0 Å². The monoisotopic (exact) mass is 179 g/mol. The lowest BCUT2D eigenvalue weighted by Gasteiger charge is -1.84. The molecule has 2 heterocycles. The van der Waals surface area contributed by atoms with Crippen molar-refractivity contribution >= 4 is 17.6 Å². The highest BCUT2D eigenvalue weighted by atomic mass is 32.1. The van der Waals surface area contributed by atoms with Gasteiger partial charge in [0.1, 0.15) is 5.69 Å². The van der Waals surface area contributed by atoms with Crippen LogP contribution in [0.25, 0.3) is 10.8 Å². The van der Waals surface area contributed by atoms with E-state index in [2.05, 4.69) is 15.0 Å². The highest BCUT2D eigenvalue weighted by Crippen LogP contribution is 2.18. The van der Waals surface area contributed by atoms with Crippen molar-refractivity contribution in [3.8, 4) is 10.8 Å². The molecule has 0 aromatic carbocycles. The maximum absolute atomic E-state index is 10.3. The summed E-state index contributed by atoms with van der Waals surface area (Å²) in [4.78, 5) is 21.3. The van der Waals surface area contributed by atoms with Gasteiger partial charge >= 0.3 is 0 Å². The largest absolute Gasteiger partial charge is 0.343 e. The summed E-state index contributed by atoms with van der Waals surface area (Å²) in [6, 6.07) is 0. The molecule has 2 rings (SSSR count). The third kappa shape index (κ3) is 1.14. The maximum atomic E-state index is 10.3. The highest BCUT2D eigenvalue weighted by molar-refractivity contribution is 7.13. The smallest absolute Gasteiger partial charge is 0.169 e. The number of aldehydes is 1. The van der Waals surface area contributed by atoms with E-state index >= 15 is 0 Å². The topological polar surface area (TPSA) is 58.6 Å². The standard InChI is InChI=1S/C7H5N3OS/c11-3-5-4-12-7(10-5)6-8-1-2-9-6/h1-4H,(H,8,9). The number of rotatable bonds is 2. The number of aromatic amines is 1. The lowest BCUT2D eigenvalue weighted by molar-refractivity contribution is 0.111. The van der Waals surface area contributed by atoms with Crippen molar-refractivity contribution in [2.45, 2.75) is 0 Å². The van der Waals surface area contributed by atoms with Crippen LogP contribution in [0.5, 0.6) is 0 Å². The first-order valence-corrected chi connectivity index (χ1v) is 4.18. The molecule has 0 saturated carbocycles. The van der Waals surface area contributed by atoms with Gasteiger partial charge < -0.3 is 4.98 Å². The van der Waals surface area contributed by atoms with E-state index in [1.165, 1.54) is 11.3 Å². The van der Waals surface area contributed by atoms with Gasteiger partial charge in [-0.15, -0.1) is 11.3 Å². The van der Waals surface area contributed by atoms with Gasteiger partial charge in [0.15, 0.2) is 17.1 Å². The molecule has 0 bridgehead atoms. The Kier molecular flexibility index (Phi) is 1.71. The van der Waals surface area contributed by atoms with Gasteiger partial charge in [0.05, 0.1) is 0 Å². The predicted octanol–water partition coefficient (Wildman–Crippen LogP) is 1.35. The predicted molar refractivity (Wildman–Crippen MR) is 45.1 cm³/mol. The first-order chi connectivity index (χ1) is 5.90. The second-order valence-corrected chi connectivity index (χ2v) is 2.99. The molecule has 0 aliphatic rings. The number of nitrogens with one attached hydrogen (secondary N) is 1. The zero-order valence-corrected chi connectivity index (χ0v) is 6.84. The van der Waals surface area contributed by atoms with Gasteiger partial charge in [-0.2, -0.15) is 0 Å². The molecule has 60 valence electrons. The van der Waals surface area contributed by atoms with Crippen molar-refractivity contribution in [1.29, 1.82) is 0 Å². The van der Waals surface area contributed by atoms with Crippen molar-refractivity contribution in [3.05, 3.63) is 23.5 Å². The minimum absolute atomic E-state index is 0.450. The summed E-state index contributed by atoms with van der Waals surface area (Å²) in [5.41, 5.74) is 0.450. The molecule has 0 amide bonds. The Bertz CT molecular complexity index is 379. The van der Waals surface area contributed by atoms with Crippen LogP contribution in [-0.4, -0.2) is 21.2 Å². The lowest BCUT2D eigenvalue weighted by atomic mass is 10.5. The van der Waals surface area contributed by atoms with Crippen molar-refractivity contribution in [2.24, 2.45) is 0 Å². The second kappa shape index (κ2) is 2.86. The van der Waals surface area contributed by atoms with E-state index in [4.69, 9.17) is 0 Å². The second-order valence-electron chi connectivity index (χ2n) is 2.13. The fraction of sp³-hybridized carbons (Fsp3) is 0. The third-order valence-corrected chi connectivity index (χ3v) is 2.21. The average Bonchev–Trinajstić information content (AvgIpc) is 2.75. The quantitative estimate of drug-likeness (QED) is 0.708. The van der Waals surface area contributed by atoms with Crippen LogP contribution in [0.2, 0.25) is 0 Å². The Morgan fingerprint density at radius 3 is 3.08 bits per heavy atom. The first-order valence-electron chi connectivity index (χ1n) is 3.30. The zero-order valence-electron chi connectivity index (χ0n) is 6.02. The van der Waals surface area contributed by atoms with Crippen LogP contribution in [-0.2, 0) is 0 Å². The van der Waals surface area contributed by atoms with Crippen LogP contribution in [0, 0.1) is 0 Å². The lowest BCUT2D eigenvalue weighted by Crippen LogP contribution is -1.81. The molecule has 0 spiro atoms. The highest BCUT2D eigenvalue weighted by Gasteiger charge is 2.04. The number of hydrogen-bond donors (Lipinski definition) is 1. The molecule has 0 radical (unpaired) electrons.